The van der Waals surface area contributed by atoms with Crippen LogP contribution in [0.25, 0.3) is 11.3 Å². The Kier molecular flexibility index (Phi) is 9.01. The van der Waals surface area contributed by atoms with E-state index in [2.05, 4.69) is 28.5 Å². The molecule has 4 atom stereocenters. The van der Waals surface area contributed by atoms with Crippen molar-refractivity contribution in [3.63, 3.8) is 0 Å². The summed E-state index contributed by atoms with van der Waals surface area (Å²) in [4.78, 5) is 19.0. The van der Waals surface area contributed by atoms with E-state index in [9.17, 15) is 8.42 Å². The summed E-state index contributed by atoms with van der Waals surface area (Å²) in [5.41, 5.74) is 4.54. The van der Waals surface area contributed by atoms with E-state index < -0.39 is 10.0 Å². The zero-order chi connectivity index (χ0) is 32.6. The molecule has 2 aliphatic rings. The number of rotatable bonds is 6. The molecular weight excluding hydrogens is 598 g/mol. The van der Waals surface area contributed by atoms with Gasteiger partial charge in [0.1, 0.15) is 5.82 Å². The number of fused-ring (bicyclic) bond motifs is 6. The maximum Gasteiger partial charge on any atom is 0.264 e. The fourth-order valence-electron chi connectivity index (χ4n) is 7.28. The summed E-state index contributed by atoms with van der Waals surface area (Å²) in [6, 6.07) is 15.1. The topological polar surface area (TPSA) is 116 Å². The van der Waals surface area contributed by atoms with E-state index in [0.29, 0.717) is 35.8 Å². The van der Waals surface area contributed by atoms with Gasteiger partial charge in [-0.25, -0.2) is 28.1 Å². The molecule has 1 saturated carbocycles. The molecule has 2 aromatic carbocycles. The van der Waals surface area contributed by atoms with Crippen LogP contribution in [0.15, 0.2) is 65.8 Å². The minimum Gasteiger partial charge on any atom is -0.488 e. The molecule has 1 aliphatic carbocycles. The number of benzene rings is 2. The molecule has 10 heteroatoms. The Bertz CT molecular complexity index is 1790. The van der Waals surface area contributed by atoms with Gasteiger partial charge in [0.2, 0.25) is 11.8 Å². The standard InChI is InChI=1S/C36H43N5O4S/c1-21(2)15-25-13-14-29(35-37-18-27(19-38-35)45-22(3)4)34-26-11-8-12-28(16-26)46(42,43)41-36-39-31(17-32(40-36)44-20-30(25)34)33-23(5)9-7-10-24(33)6/h7-12,16-19,21-22,25,29-30,34H,13-15,20H2,1-6H3,(H,39,40,41). The summed E-state index contributed by atoms with van der Waals surface area (Å²) in [5, 5.41) is 0. The lowest BCUT2D eigenvalue weighted by molar-refractivity contribution is 0.0947. The second-order valence-corrected chi connectivity index (χ2v) is 15.1. The van der Waals surface area contributed by atoms with Crippen LogP contribution in [-0.2, 0) is 10.0 Å². The van der Waals surface area contributed by atoms with Gasteiger partial charge in [0.25, 0.3) is 10.0 Å². The highest BCUT2D eigenvalue weighted by Gasteiger charge is 2.43. The zero-order valence-corrected chi connectivity index (χ0v) is 28.2. The van der Waals surface area contributed by atoms with Gasteiger partial charge in [-0.2, -0.15) is 4.98 Å². The quantitative estimate of drug-likeness (QED) is 0.231. The van der Waals surface area contributed by atoms with Crippen molar-refractivity contribution in [1.82, 2.24) is 19.9 Å². The number of aryl methyl sites for hydroxylation is 2. The second kappa shape index (κ2) is 13.0. The average molecular weight is 642 g/mol. The predicted molar refractivity (Wildman–Crippen MR) is 179 cm³/mol. The first-order valence-electron chi connectivity index (χ1n) is 16.2. The van der Waals surface area contributed by atoms with Crippen LogP contribution in [0.5, 0.6) is 11.6 Å². The highest BCUT2D eigenvalue weighted by atomic mass is 32.2. The fourth-order valence-corrected chi connectivity index (χ4v) is 8.28. The first-order chi connectivity index (χ1) is 22.0. The summed E-state index contributed by atoms with van der Waals surface area (Å²) in [5.74, 6) is 2.46. The first kappa shape index (κ1) is 31.9. The summed E-state index contributed by atoms with van der Waals surface area (Å²) in [6.07, 6.45) is 6.40. The molecule has 0 radical (unpaired) electrons. The lowest BCUT2D eigenvalue weighted by Crippen LogP contribution is -2.37. The Morgan fingerprint density at radius 3 is 2.37 bits per heavy atom. The normalized spacial score (nSPS) is 22.2. The van der Waals surface area contributed by atoms with E-state index in [1.54, 1.807) is 24.5 Å². The molecule has 0 amide bonds. The van der Waals surface area contributed by atoms with Crippen LogP contribution in [-0.4, -0.2) is 41.1 Å². The lowest BCUT2D eigenvalue weighted by Gasteiger charge is -2.43. The van der Waals surface area contributed by atoms with Gasteiger partial charge in [0.05, 0.1) is 35.7 Å². The van der Waals surface area contributed by atoms with Gasteiger partial charge in [0, 0.05) is 29.4 Å². The Morgan fingerprint density at radius 2 is 1.67 bits per heavy atom. The van der Waals surface area contributed by atoms with Gasteiger partial charge < -0.3 is 9.47 Å². The van der Waals surface area contributed by atoms with Crippen molar-refractivity contribution in [2.45, 2.75) is 83.6 Å². The summed E-state index contributed by atoms with van der Waals surface area (Å²) < 4.78 is 42.7. The molecule has 1 aliphatic heterocycles. The highest BCUT2D eigenvalue weighted by molar-refractivity contribution is 7.92. The van der Waals surface area contributed by atoms with E-state index in [-0.39, 0.29) is 34.7 Å². The van der Waals surface area contributed by atoms with Crippen molar-refractivity contribution in [3.05, 3.63) is 83.4 Å². The SMILES string of the molecule is Cc1cccc(C)c1-c1cc2nc(n1)NS(=O)(=O)c1cccc(c1)C1C(c3ncc(OC(C)C)cn3)CCC(CC(C)C)C1CO2. The Hall–Kier alpha value is -4.05. The molecule has 1 fully saturated rings. The van der Waals surface area contributed by atoms with Crippen molar-refractivity contribution in [3.8, 4) is 22.9 Å². The second-order valence-electron chi connectivity index (χ2n) is 13.4. The average Bonchev–Trinajstić information content (AvgIpc) is 2.99. The number of nitrogens with zero attached hydrogens (tertiary/aromatic N) is 4. The van der Waals surface area contributed by atoms with E-state index in [0.717, 1.165) is 47.3 Å². The summed E-state index contributed by atoms with van der Waals surface area (Å²) in [6.45, 7) is 12.9. The molecule has 2 aromatic heterocycles. The number of ether oxygens (including phenoxy) is 2. The third-order valence-corrected chi connectivity index (χ3v) is 10.4. The summed E-state index contributed by atoms with van der Waals surface area (Å²) >= 11 is 0. The molecule has 1 N–H and O–H groups in total. The van der Waals surface area contributed by atoms with E-state index in [1.807, 2.05) is 64.1 Å². The predicted octanol–water partition coefficient (Wildman–Crippen LogP) is 7.47. The Morgan fingerprint density at radius 1 is 0.957 bits per heavy atom. The monoisotopic (exact) mass is 641 g/mol. The molecule has 0 saturated heterocycles. The van der Waals surface area contributed by atoms with Crippen molar-refractivity contribution in [1.29, 1.82) is 0 Å². The Labute approximate surface area is 272 Å². The number of hydrogen-bond acceptors (Lipinski definition) is 8. The van der Waals surface area contributed by atoms with Crippen LogP contribution < -0.4 is 14.2 Å². The molecular formula is C36H43N5O4S. The van der Waals surface area contributed by atoms with Crippen LogP contribution in [0.4, 0.5) is 5.95 Å². The van der Waals surface area contributed by atoms with Crippen molar-refractivity contribution < 1.29 is 17.9 Å². The van der Waals surface area contributed by atoms with Gasteiger partial charge in [-0.05, 0) is 87.6 Å². The number of nitrogens with one attached hydrogen (secondary N) is 1. The van der Waals surface area contributed by atoms with Crippen LogP contribution in [0.3, 0.4) is 0 Å². The molecule has 242 valence electrons. The van der Waals surface area contributed by atoms with Gasteiger partial charge >= 0.3 is 0 Å². The van der Waals surface area contributed by atoms with Gasteiger partial charge in [0.15, 0.2) is 5.75 Å². The van der Waals surface area contributed by atoms with Crippen molar-refractivity contribution >= 4 is 16.0 Å². The fraction of sp³-hybridized carbons (Fsp3) is 0.444. The smallest absolute Gasteiger partial charge is 0.264 e. The van der Waals surface area contributed by atoms with Crippen LogP contribution in [0.2, 0.25) is 0 Å². The summed E-state index contributed by atoms with van der Waals surface area (Å²) in [7, 11) is -4.01. The molecule has 3 heterocycles. The highest BCUT2D eigenvalue weighted by Crippen LogP contribution is 2.51. The number of anilines is 1. The van der Waals surface area contributed by atoms with Crippen molar-refractivity contribution in [2.75, 3.05) is 11.3 Å². The molecule has 4 aromatic rings. The molecule has 4 bridgehead atoms. The van der Waals surface area contributed by atoms with E-state index in [4.69, 9.17) is 19.4 Å². The molecule has 6 rings (SSSR count). The number of hydrogen-bond donors (Lipinski definition) is 1. The molecule has 9 nitrogen and oxygen atoms in total. The van der Waals surface area contributed by atoms with Crippen molar-refractivity contribution in [2.24, 2.45) is 17.8 Å². The lowest BCUT2D eigenvalue weighted by atomic mass is 9.62. The maximum atomic E-state index is 13.8. The van der Waals surface area contributed by atoms with Crippen LogP contribution >= 0.6 is 0 Å². The van der Waals surface area contributed by atoms with Gasteiger partial charge in [-0.3, -0.25) is 0 Å². The van der Waals surface area contributed by atoms with E-state index >= 15 is 0 Å². The molecule has 0 spiro atoms. The van der Waals surface area contributed by atoms with E-state index in [1.165, 1.54) is 0 Å². The first-order valence-corrected chi connectivity index (χ1v) is 17.7. The Balaban J connectivity index is 1.49. The van der Waals surface area contributed by atoms with Crippen LogP contribution in [0, 0.1) is 31.6 Å². The third-order valence-electron chi connectivity index (χ3n) is 9.12. The van der Waals surface area contributed by atoms with Gasteiger partial charge in [-0.15, -0.1) is 0 Å². The van der Waals surface area contributed by atoms with Crippen LogP contribution in [0.1, 0.15) is 81.3 Å². The zero-order valence-electron chi connectivity index (χ0n) is 27.4. The third kappa shape index (κ3) is 6.72. The molecule has 46 heavy (non-hydrogen) atoms. The number of aromatic nitrogens is 4. The minimum atomic E-state index is -4.01. The molecule has 4 unspecified atom stereocenters. The minimum absolute atomic E-state index is 0.0182. The maximum absolute atomic E-state index is 13.8. The largest absolute Gasteiger partial charge is 0.488 e. The van der Waals surface area contributed by atoms with Gasteiger partial charge in [-0.1, -0.05) is 44.2 Å². The number of sulfonamides is 1.